The molecule has 0 fully saturated rings. The van der Waals surface area contributed by atoms with Crippen LogP contribution in [0, 0.1) is 11.3 Å². The molecule has 6 nitrogen and oxygen atoms in total. The van der Waals surface area contributed by atoms with E-state index in [9.17, 15) is 4.79 Å². The topological polar surface area (TPSA) is 82.7 Å². The minimum Gasteiger partial charge on any atom is -0.338 e. The standard InChI is InChI=1S/C18H23N5O/c1-2-3-4-9-21-18(24)22-12-17-11-20-14-23(17)13-16-7-5-15(10-19)6-8-16/h5-8,11,14H,2-4,9,12-13H2,1H3,(H2,21,22,24). The maximum absolute atomic E-state index is 11.8. The third-order valence-corrected chi connectivity index (χ3v) is 3.73. The molecular formula is C18H23N5O. The zero-order chi connectivity index (χ0) is 17.2. The van der Waals surface area contributed by atoms with Gasteiger partial charge in [0, 0.05) is 19.3 Å². The molecule has 0 aliphatic rings. The summed E-state index contributed by atoms with van der Waals surface area (Å²) in [6.07, 6.45) is 6.76. The molecule has 0 spiro atoms. The summed E-state index contributed by atoms with van der Waals surface area (Å²) in [7, 11) is 0. The smallest absolute Gasteiger partial charge is 0.315 e. The van der Waals surface area contributed by atoms with E-state index < -0.39 is 0 Å². The Morgan fingerprint density at radius 2 is 2.04 bits per heavy atom. The van der Waals surface area contributed by atoms with Crippen molar-refractivity contribution in [3.05, 3.63) is 53.6 Å². The number of nitrogens with zero attached hydrogens (tertiary/aromatic N) is 3. The molecule has 6 heteroatoms. The third kappa shape index (κ3) is 5.43. The van der Waals surface area contributed by atoms with Gasteiger partial charge in [-0.2, -0.15) is 5.26 Å². The van der Waals surface area contributed by atoms with Crippen LogP contribution in [-0.2, 0) is 13.1 Å². The maximum atomic E-state index is 11.8. The monoisotopic (exact) mass is 325 g/mol. The number of amides is 2. The minimum absolute atomic E-state index is 0.155. The molecule has 126 valence electrons. The Morgan fingerprint density at radius 3 is 2.75 bits per heavy atom. The lowest BCUT2D eigenvalue weighted by Gasteiger charge is -2.10. The molecule has 2 amide bonds. The molecule has 2 N–H and O–H groups in total. The second kappa shape index (κ2) is 9.36. The number of carbonyl (C=O) groups is 1. The van der Waals surface area contributed by atoms with Crippen molar-refractivity contribution in [2.24, 2.45) is 0 Å². The van der Waals surface area contributed by atoms with Crippen molar-refractivity contribution < 1.29 is 4.79 Å². The second-order valence-electron chi connectivity index (χ2n) is 5.64. The SMILES string of the molecule is CCCCCNC(=O)NCc1cncn1Cc1ccc(C#N)cc1. The zero-order valence-corrected chi connectivity index (χ0v) is 14.0. The molecule has 0 saturated carbocycles. The number of nitrogens with one attached hydrogen (secondary N) is 2. The molecule has 0 unspecified atom stereocenters. The highest BCUT2D eigenvalue weighted by molar-refractivity contribution is 5.73. The fourth-order valence-corrected chi connectivity index (χ4v) is 2.33. The minimum atomic E-state index is -0.155. The summed E-state index contributed by atoms with van der Waals surface area (Å²) < 4.78 is 1.98. The average molecular weight is 325 g/mol. The molecule has 0 atom stereocenters. The summed E-state index contributed by atoms with van der Waals surface area (Å²) in [5, 5.41) is 14.5. The summed E-state index contributed by atoms with van der Waals surface area (Å²) in [5.74, 6) is 0. The Hall–Kier alpha value is -2.81. The quantitative estimate of drug-likeness (QED) is 0.732. The number of unbranched alkanes of at least 4 members (excludes halogenated alkanes) is 2. The van der Waals surface area contributed by atoms with Crippen LogP contribution in [0.1, 0.15) is 43.0 Å². The molecule has 0 bridgehead atoms. The number of hydrogen-bond acceptors (Lipinski definition) is 3. The molecule has 2 rings (SSSR count). The number of rotatable bonds is 8. The number of imidazole rings is 1. The number of carbonyl (C=O) groups excluding carboxylic acids is 1. The molecule has 2 aromatic rings. The van der Waals surface area contributed by atoms with Crippen molar-refractivity contribution >= 4 is 6.03 Å². The molecule has 0 radical (unpaired) electrons. The first-order valence-electron chi connectivity index (χ1n) is 8.22. The van der Waals surface area contributed by atoms with Crippen LogP contribution in [0.15, 0.2) is 36.8 Å². The summed E-state index contributed by atoms with van der Waals surface area (Å²) in [6.45, 7) is 3.91. The zero-order valence-electron chi connectivity index (χ0n) is 14.0. The van der Waals surface area contributed by atoms with Crippen molar-refractivity contribution in [2.75, 3.05) is 6.54 Å². The largest absolute Gasteiger partial charge is 0.338 e. The predicted molar refractivity (Wildman–Crippen MR) is 92.2 cm³/mol. The van der Waals surface area contributed by atoms with Crippen LogP contribution in [0.5, 0.6) is 0 Å². The molecule has 24 heavy (non-hydrogen) atoms. The van der Waals surface area contributed by atoms with E-state index in [0.29, 0.717) is 25.2 Å². The Balaban J connectivity index is 1.83. The third-order valence-electron chi connectivity index (χ3n) is 3.73. The molecular weight excluding hydrogens is 302 g/mol. The van der Waals surface area contributed by atoms with E-state index in [4.69, 9.17) is 5.26 Å². The summed E-state index contributed by atoms with van der Waals surface area (Å²) in [6, 6.07) is 9.41. The normalized spacial score (nSPS) is 10.2. The highest BCUT2D eigenvalue weighted by Gasteiger charge is 2.05. The van der Waals surface area contributed by atoms with Gasteiger partial charge < -0.3 is 15.2 Å². The maximum Gasteiger partial charge on any atom is 0.315 e. The van der Waals surface area contributed by atoms with Gasteiger partial charge in [-0.25, -0.2) is 9.78 Å². The van der Waals surface area contributed by atoms with Crippen LogP contribution in [0.2, 0.25) is 0 Å². The lowest BCUT2D eigenvalue weighted by molar-refractivity contribution is 0.240. The van der Waals surface area contributed by atoms with Gasteiger partial charge in [0.05, 0.1) is 30.2 Å². The predicted octanol–water partition coefficient (Wildman–Crippen LogP) is 2.79. The van der Waals surface area contributed by atoms with Gasteiger partial charge in [0.15, 0.2) is 0 Å². The van der Waals surface area contributed by atoms with Gasteiger partial charge in [0.1, 0.15) is 0 Å². The second-order valence-corrected chi connectivity index (χ2v) is 5.64. The Kier molecular flexibility index (Phi) is 6.84. The van der Waals surface area contributed by atoms with Crippen molar-refractivity contribution in [2.45, 2.75) is 39.3 Å². The highest BCUT2D eigenvalue weighted by atomic mass is 16.2. The first-order valence-corrected chi connectivity index (χ1v) is 8.22. The van der Waals surface area contributed by atoms with Crippen molar-refractivity contribution in [1.29, 1.82) is 5.26 Å². The number of nitriles is 1. The van der Waals surface area contributed by atoms with Crippen LogP contribution in [-0.4, -0.2) is 22.1 Å². The fourth-order valence-electron chi connectivity index (χ4n) is 2.33. The molecule has 1 aromatic carbocycles. The van der Waals surface area contributed by atoms with Gasteiger partial charge in [-0.1, -0.05) is 31.9 Å². The number of hydrogen-bond donors (Lipinski definition) is 2. The lowest BCUT2D eigenvalue weighted by Crippen LogP contribution is -2.36. The van der Waals surface area contributed by atoms with Crippen molar-refractivity contribution in [3.63, 3.8) is 0 Å². The van der Waals surface area contributed by atoms with E-state index in [-0.39, 0.29) is 6.03 Å². The van der Waals surface area contributed by atoms with Gasteiger partial charge in [0.2, 0.25) is 0 Å². The van der Waals surface area contributed by atoms with E-state index in [1.165, 1.54) is 0 Å². The number of aromatic nitrogens is 2. The summed E-state index contributed by atoms with van der Waals surface area (Å²) in [5.41, 5.74) is 2.66. The molecule has 1 heterocycles. The summed E-state index contributed by atoms with van der Waals surface area (Å²) >= 11 is 0. The van der Waals surface area contributed by atoms with Gasteiger partial charge in [-0.3, -0.25) is 0 Å². The Bertz CT molecular complexity index is 684. The van der Waals surface area contributed by atoms with Crippen molar-refractivity contribution in [1.82, 2.24) is 20.2 Å². The van der Waals surface area contributed by atoms with Crippen LogP contribution in [0.25, 0.3) is 0 Å². The fraction of sp³-hybridized carbons (Fsp3) is 0.389. The van der Waals surface area contributed by atoms with Gasteiger partial charge in [0.25, 0.3) is 0 Å². The molecule has 0 aliphatic carbocycles. The average Bonchev–Trinajstić information content (AvgIpc) is 3.04. The lowest BCUT2D eigenvalue weighted by atomic mass is 10.1. The van der Waals surface area contributed by atoms with Crippen LogP contribution in [0.3, 0.4) is 0 Å². The number of benzene rings is 1. The van der Waals surface area contributed by atoms with E-state index >= 15 is 0 Å². The molecule has 0 saturated heterocycles. The highest BCUT2D eigenvalue weighted by Crippen LogP contribution is 2.08. The molecule has 0 aliphatic heterocycles. The van der Waals surface area contributed by atoms with Crippen molar-refractivity contribution in [3.8, 4) is 6.07 Å². The van der Waals surface area contributed by atoms with E-state index in [1.54, 1.807) is 24.7 Å². The van der Waals surface area contributed by atoms with Crippen LogP contribution >= 0.6 is 0 Å². The Morgan fingerprint density at radius 1 is 1.25 bits per heavy atom. The van der Waals surface area contributed by atoms with Gasteiger partial charge >= 0.3 is 6.03 Å². The van der Waals surface area contributed by atoms with Gasteiger partial charge in [-0.15, -0.1) is 0 Å². The summed E-state index contributed by atoms with van der Waals surface area (Å²) in [4.78, 5) is 15.9. The first-order chi connectivity index (χ1) is 11.7. The molecule has 1 aromatic heterocycles. The first kappa shape index (κ1) is 17.5. The number of urea groups is 1. The van der Waals surface area contributed by atoms with Crippen LogP contribution < -0.4 is 10.6 Å². The van der Waals surface area contributed by atoms with E-state index in [1.807, 2.05) is 16.7 Å². The van der Waals surface area contributed by atoms with E-state index in [2.05, 4.69) is 28.6 Å². The van der Waals surface area contributed by atoms with Gasteiger partial charge in [-0.05, 0) is 24.1 Å². The van der Waals surface area contributed by atoms with E-state index in [0.717, 1.165) is 30.5 Å². The Labute approximate surface area is 142 Å². The van der Waals surface area contributed by atoms with Crippen LogP contribution in [0.4, 0.5) is 4.79 Å².